The average Bonchev–Trinajstić information content (AvgIpc) is 3.08. The minimum Gasteiger partial charge on any atom is -0.489 e. The third-order valence-corrected chi connectivity index (χ3v) is 5.39. The highest BCUT2D eigenvalue weighted by molar-refractivity contribution is 8.14. The molecule has 3 rings (SSSR count). The van der Waals surface area contributed by atoms with Gasteiger partial charge in [-0.05, 0) is 39.8 Å². The molecule has 142 valence electrons. The number of carbonyl (C=O) groups is 2. The topological polar surface area (TPSA) is 88.4 Å². The van der Waals surface area contributed by atoms with Crippen molar-refractivity contribution in [2.45, 2.75) is 63.2 Å². The zero-order valence-corrected chi connectivity index (χ0v) is 16.2. The third-order valence-electron chi connectivity index (χ3n) is 4.24. The van der Waals surface area contributed by atoms with Crippen LogP contribution in [-0.4, -0.2) is 62.7 Å². The SMILES string of the molecule is CC1=N[C@@H]2C=C(O[C@H]3C[C@@H](C(=O)O)N(C(=O)OC(C)(C)C)C3)C=C[C@@H]2S1. The van der Waals surface area contributed by atoms with Crippen LogP contribution in [0.4, 0.5) is 4.79 Å². The van der Waals surface area contributed by atoms with Gasteiger partial charge in [-0.3, -0.25) is 9.89 Å². The molecule has 1 N–H and O–H groups in total. The Balaban J connectivity index is 1.67. The summed E-state index contributed by atoms with van der Waals surface area (Å²) in [6, 6.07) is -0.892. The minimum absolute atomic E-state index is 0.0543. The first-order valence-electron chi connectivity index (χ1n) is 8.62. The highest BCUT2D eigenvalue weighted by atomic mass is 32.2. The lowest BCUT2D eigenvalue weighted by Crippen LogP contribution is -2.43. The third kappa shape index (κ3) is 4.23. The number of amides is 1. The summed E-state index contributed by atoms with van der Waals surface area (Å²) >= 11 is 1.72. The Morgan fingerprint density at radius 1 is 1.38 bits per heavy atom. The van der Waals surface area contributed by atoms with Gasteiger partial charge in [0.15, 0.2) is 0 Å². The number of thioether (sulfide) groups is 1. The molecule has 0 saturated carbocycles. The zero-order valence-electron chi connectivity index (χ0n) is 15.3. The molecule has 1 amide bonds. The zero-order chi connectivity index (χ0) is 19.1. The van der Waals surface area contributed by atoms with E-state index in [0.717, 1.165) is 5.04 Å². The molecule has 0 aromatic carbocycles. The molecular formula is C18H24N2O5S. The Hall–Kier alpha value is -1.96. The lowest BCUT2D eigenvalue weighted by Gasteiger charge is -2.26. The maximum absolute atomic E-state index is 12.3. The first kappa shape index (κ1) is 18.8. The maximum Gasteiger partial charge on any atom is 0.411 e. The van der Waals surface area contributed by atoms with Crippen LogP contribution in [0.1, 0.15) is 34.1 Å². The molecule has 0 bridgehead atoms. The summed E-state index contributed by atoms with van der Waals surface area (Å²) in [7, 11) is 0. The number of fused-ring (bicyclic) bond motifs is 1. The number of likely N-dealkylation sites (tertiary alicyclic amines) is 1. The number of rotatable bonds is 3. The number of aliphatic imine (C=N–C) groups is 1. The van der Waals surface area contributed by atoms with Gasteiger partial charge >= 0.3 is 12.1 Å². The number of carbonyl (C=O) groups excluding carboxylic acids is 1. The van der Waals surface area contributed by atoms with Gasteiger partial charge in [0.1, 0.15) is 23.5 Å². The van der Waals surface area contributed by atoms with Gasteiger partial charge in [0.05, 0.1) is 22.9 Å². The lowest BCUT2D eigenvalue weighted by atomic mass is 10.1. The lowest BCUT2D eigenvalue weighted by molar-refractivity contribution is -0.142. The number of aliphatic carboxylic acids is 1. The molecule has 2 heterocycles. The van der Waals surface area contributed by atoms with E-state index >= 15 is 0 Å². The summed E-state index contributed by atoms with van der Waals surface area (Å²) in [5.41, 5.74) is -0.682. The maximum atomic E-state index is 12.3. The van der Waals surface area contributed by atoms with Crippen molar-refractivity contribution in [2.75, 3.05) is 6.54 Å². The summed E-state index contributed by atoms with van der Waals surface area (Å²) < 4.78 is 11.3. The van der Waals surface area contributed by atoms with Crippen LogP contribution in [0.15, 0.2) is 29.0 Å². The molecule has 4 atom stereocenters. The van der Waals surface area contributed by atoms with Crippen LogP contribution in [0.2, 0.25) is 0 Å². The van der Waals surface area contributed by atoms with E-state index in [9.17, 15) is 14.7 Å². The Kier molecular flexibility index (Phi) is 5.05. The highest BCUT2D eigenvalue weighted by Gasteiger charge is 2.43. The summed E-state index contributed by atoms with van der Waals surface area (Å²) in [4.78, 5) is 29.7. The first-order valence-corrected chi connectivity index (χ1v) is 9.50. The Morgan fingerprint density at radius 2 is 2.12 bits per heavy atom. The van der Waals surface area contributed by atoms with Gasteiger partial charge in [-0.2, -0.15) is 0 Å². The van der Waals surface area contributed by atoms with Crippen molar-refractivity contribution >= 4 is 28.9 Å². The summed E-state index contributed by atoms with van der Waals surface area (Å²) in [6.07, 6.45) is 5.12. The molecule has 3 aliphatic rings. The van der Waals surface area contributed by atoms with Crippen molar-refractivity contribution < 1.29 is 24.2 Å². The van der Waals surface area contributed by atoms with E-state index in [1.807, 2.05) is 19.1 Å². The second-order valence-corrected chi connectivity index (χ2v) is 8.98. The van der Waals surface area contributed by atoms with Crippen molar-refractivity contribution in [1.82, 2.24) is 4.90 Å². The molecule has 26 heavy (non-hydrogen) atoms. The van der Waals surface area contributed by atoms with Crippen LogP contribution >= 0.6 is 11.8 Å². The number of carboxylic acid groups (broad SMARTS) is 1. The van der Waals surface area contributed by atoms with Gasteiger partial charge in [0.2, 0.25) is 0 Å². The molecule has 1 saturated heterocycles. The number of nitrogens with zero attached hydrogens (tertiary/aromatic N) is 2. The number of ether oxygens (including phenoxy) is 2. The Morgan fingerprint density at radius 3 is 2.77 bits per heavy atom. The molecule has 0 aromatic rings. The van der Waals surface area contributed by atoms with E-state index in [4.69, 9.17) is 9.47 Å². The second-order valence-electron chi connectivity index (χ2n) is 7.61. The smallest absolute Gasteiger partial charge is 0.411 e. The van der Waals surface area contributed by atoms with E-state index in [-0.39, 0.29) is 19.0 Å². The first-order chi connectivity index (χ1) is 12.1. The normalized spacial score (nSPS) is 30.5. The predicted octanol–water partition coefficient (Wildman–Crippen LogP) is 2.82. The summed E-state index contributed by atoms with van der Waals surface area (Å²) in [5.74, 6) is -0.381. The monoisotopic (exact) mass is 380 g/mol. The fourth-order valence-electron chi connectivity index (χ4n) is 3.19. The van der Waals surface area contributed by atoms with Crippen LogP contribution in [0, 0.1) is 0 Å². The fourth-order valence-corrected chi connectivity index (χ4v) is 4.20. The number of allylic oxidation sites excluding steroid dienone is 1. The summed E-state index contributed by atoms with van der Waals surface area (Å²) in [6.45, 7) is 7.42. The molecule has 1 aliphatic carbocycles. The van der Waals surface area contributed by atoms with Crippen LogP contribution < -0.4 is 0 Å². The van der Waals surface area contributed by atoms with Gasteiger partial charge in [-0.15, -0.1) is 11.8 Å². The number of carboxylic acids is 1. The average molecular weight is 380 g/mol. The molecule has 7 nitrogen and oxygen atoms in total. The van der Waals surface area contributed by atoms with Gasteiger partial charge in [-0.1, -0.05) is 6.08 Å². The Bertz CT molecular complexity index is 694. The van der Waals surface area contributed by atoms with Crippen LogP contribution in [0.25, 0.3) is 0 Å². The number of hydrogen-bond donors (Lipinski definition) is 1. The van der Waals surface area contributed by atoms with E-state index in [2.05, 4.69) is 11.1 Å². The van der Waals surface area contributed by atoms with Gasteiger partial charge < -0.3 is 14.6 Å². The molecule has 8 heteroatoms. The molecule has 0 radical (unpaired) electrons. The quantitative estimate of drug-likeness (QED) is 0.810. The van der Waals surface area contributed by atoms with E-state index in [0.29, 0.717) is 11.0 Å². The molecular weight excluding hydrogens is 356 g/mol. The standard InChI is InChI=1S/C18H24N2O5S/c1-10-19-13-7-11(5-6-15(13)26-10)24-12-8-14(16(21)22)20(9-12)17(23)25-18(2,3)4/h5-7,12-15H,8-9H2,1-4H3,(H,21,22)/t12-,13+,14-,15-/m0/s1. The molecule has 0 spiro atoms. The number of hydrogen-bond acceptors (Lipinski definition) is 6. The van der Waals surface area contributed by atoms with Crippen molar-refractivity contribution in [3.63, 3.8) is 0 Å². The summed E-state index contributed by atoms with van der Waals surface area (Å²) in [5, 5.41) is 10.8. The predicted molar refractivity (Wildman–Crippen MR) is 99.4 cm³/mol. The van der Waals surface area contributed by atoms with E-state index in [1.165, 1.54) is 4.90 Å². The van der Waals surface area contributed by atoms with Crippen molar-refractivity contribution in [3.05, 3.63) is 24.0 Å². The molecule has 0 unspecified atom stereocenters. The molecule has 0 aromatic heterocycles. The van der Waals surface area contributed by atoms with Gasteiger partial charge in [0.25, 0.3) is 0 Å². The largest absolute Gasteiger partial charge is 0.489 e. The van der Waals surface area contributed by atoms with E-state index < -0.39 is 29.8 Å². The van der Waals surface area contributed by atoms with Gasteiger partial charge in [0, 0.05) is 6.42 Å². The van der Waals surface area contributed by atoms with Crippen LogP contribution in [0.5, 0.6) is 0 Å². The van der Waals surface area contributed by atoms with Crippen molar-refractivity contribution in [1.29, 1.82) is 0 Å². The molecule has 2 aliphatic heterocycles. The van der Waals surface area contributed by atoms with E-state index in [1.54, 1.807) is 32.5 Å². The van der Waals surface area contributed by atoms with Crippen LogP contribution in [0.3, 0.4) is 0 Å². The van der Waals surface area contributed by atoms with Crippen molar-refractivity contribution in [3.8, 4) is 0 Å². The Labute approximate surface area is 157 Å². The van der Waals surface area contributed by atoms with Gasteiger partial charge in [-0.25, -0.2) is 9.59 Å². The van der Waals surface area contributed by atoms with Crippen molar-refractivity contribution in [2.24, 2.45) is 4.99 Å². The minimum atomic E-state index is -1.05. The van der Waals surface area contributed by atoms with Crippen LogP contribution in [-0.2, 0) is 14.3 Å². The fraction of sp³-hybridized carbons (Fsp3) is 0.611. The molecule has 1 fully saturated rings. The highest BCUT2D eigenvalue weighted by Crippen LogP contribution is 2.33. The second kappa shape index (κ2) is 6.98.